The van der Waals surface area contributed by atoms with Gasteiger partial charge < -0.3 is 0 Å². The second kappa shape index (κ2) is 3.83. The molecular formula is C12H22O3S. The zero-order chi connectivity index (χ0) is 12.8. The summed E-state index contributed by atoms with van der Waals surface area (Å²) in [6.45, 7) is 8.01. The highest BCUT2D eigenvalue weighted by atomic mass is 32.2. The minimum absolute atomic E-state index is 0.00727. The highest BCUT2D eigenvalue weighted by Crippen LogP contribution is 2.56. The Balaban J connectivity index is 3.26. The number of hydrogen-bond donors (Lipinski definition) is 0. The number of hydrogen-bond acceptors (Lipinski definition) is 3. The van der Waals surface area contributed by atoms with Crippen molar-refractivity contribution in [2.45, 2.75) is 40.5 Å². The molecule has 0 bridgehead atoms. The van der Waals surface area contributed by atoms with Gasteiger partial charge in [0.25, 0.3) is 0 Å². The minimum atomic E-state index is -3.13. The SMILES string of the molecule is CC[C@]1(CS(C)(=O)=O)C(=O)CC(C)C1(C)C. The van der Waals surface area contributed by atoms with E-state index in [2.05, 4.69) is 0 Å². The maximum absolute atomic E-state index is 12.2. The predicted octanol–water partition coefficient (Wildman–Crippen LogP) is 2.06. The molecule has 3 nitrogen and oxygen atoms in total. The second-order valence-corrected chi connectivity index (χ2v) is 7.90. The molecule has 0 aromatic carbocycles. The van der Waals surface area contributed by atoms with Gasteiger partial charge in [-0.1, -0.05) is 27.7 Å². The van der Waals surface area contributed by atoms with Crippen LogP contribution in [0.25, 0.3) is 0 Å². The molecule has 0 amide bonds. The Morgan fingerprint density at radius 2 is 1.88 bits per heavy atom. The quantitative estimate of drug-likeness (QED) is 0.766. The largest absolute Gasteiger partial charge is 0.299 e. The number of rotatable bonds is 3. The molecule has 0 aliphatic heterocycles. The van der Waals surface area contributed by atoms with Crippen molar-refractivity contribution in [1.82, 2.24) is 0 Å². The van der Waals surface area contributed by atoms with Gasteiger partial charge in [0.05, 0.1) is 5.75 Å². The first-order chi connectivity index (χ1) is 7.07. The average Bonchev–Trinajstić information content (AvgIpc) is 2.25. The third kappa shape index (κ3) is 1.92. The normalized spacial score (nSPS) is 34.3. The molecule has 0 heterocycles. The van der Waals surface area contributed by atoms with Crippen LogP contribution in [-0.2, 0) is 14.6 Å². The fraction of sp³-hybridized carbons (Fsp3) is 0.917. The van der Waals surface area contributed by atoms with E-state index in [-0.39, 0.29) is 22.9 Å². The van der Waals surface area contributed by atoms with Crippen LogP contribution >= 0.6 is 0 Å². The molecule has 1 aliphatic carbocycles. The van der Waals surface area contributed by atoms with Crippen LogP contribution in [0.1, 0.15) is 40.5 Å². The average molecular weight is 246 g/mol. The molecule has 1 fully saturated rings. The number of ketones is 1. The lowest BCUT2D eigenvalue weighted by molar-refractivity contribution is -0.128. The lowest BCUT2D eigenvalue weighted by Crippen LogP contribution is -2.44. The fourth-order valence-electron chi connectivity index (χ4n) is 3.03. The Hall–Kier alpha value is -0.380. The summed E-state index contributed by atoms with van der Waals surface area (Å²) in [5.41, 5.74) is -0.915. The van der Waals surface area contributed by atoms with Crippen LogP contribution in [0.5, 0.6) is 0 Å². The smallest absolute Gasteiger partial charge is 0.148 e. The number of Topliss-reactive ketones (excluding diaryl/α,β-unsaturated/α-hetero) is 1. The minimum Gasteiger partial charge on any atom is -0.299 e. The van der Waals surface area contributed by atoms with E-state index in [9.17, 15) is 13.2 Å². The van der Waals surface area contributed by atoms with E-state index in [0.717, 1.165) is 0 Å². The van der Waals surface area contributed by atoms with Gasteiger partial charge >= 0.3 is 0 Å². The lowest BCUT2D eigenvalue weighted by Gasteiger charge is -2.41. The Kier molecular flexibility index (Phi) is 3.27. The van der Waals surface area contributed by atoms with Gasteiger partial charge in [-0.15, -0.1) is 0 Å². The van der Waals surface area contributed by atoms with Crippen molar-refractivity contribution in [2.75, 3.05) is 12.0 Å². The zero-order valence-electron chi connectivity index (χ0n) is 10.8. The monoisotopic (exact) mass is 246 g/mol. The standard InChI is InChI=1S/C12H22O3S/c1-6-12(8-16(5,14)15)10(13)7-9(2)11(12,3)4/h9H,6-8H2,1-5H3/t9?,12-/m0/s1. The first kappa shape index (κ1) is 13.7. The molecule has 0 aromatic rings. The molecule has 4 heteroatoms. The van der Waals surface area contributed by atoms with Gasteiger partial charge in [0.1, 0.15) is 15.6 Å². The molecule has 94 valence electrons. The van der Waals surface area contributed by atoms with Crippen molar-refractivity contribution >= 4 is 15.6 Å². The molecule has 0 N–H and O–H groups in total. The summed E-state index contributed by atoms with van der Waals surface area (Å²) >= 11 is 0. The van der Waals surface area contributed by atoms with Crippen LogP contribution in [0, 0.1) is 16.7 Å². The van der Waals surface area contributed by atoms with Crippen molar-refractivity contribution < 1.29 is 13.2 Å². The summed E-state index contributed by atoms with van der Waals surface area (Å²) in [5, 5.41) is 0. The van der Waals surface area contributed by atoms with Gasteiger partial charge in [-0.3, -0.25) is 4.79 Å². The number of carbonyl (C=O) groups is 1. The highest BCUT2D eigenvalue weighted by molar-refractivity contribution is 7.90. The number of carbonyl (C=O) groups excluding carboxylic acids is 1. The van der Waals surface area contributed by atoms with E-state index in [4.69, 9.17) is 0 Å². The zero-order valence-corrected chi connectivity index (χ0v) is 11.6. The maximum Gasteiger partial charge on any atom is 0.148 e. The van der Waals surface area contributed by atoms with Gasteiger partial charge in [-0.2, -0.15) is 0 Å². The van der Waals surface area contributed by atoms with Gasteiger partial charge in [-0.25, -0.2) is 8.42 Å². The van der Waals surface area contributed by atoms with Crippen LogP contribution in [0.3, 0.4) is 0 Å². The molecular weight excluding hydrogens is 224 g/mol. The highest BCUT2D eigenvalue weighted by Gasteiger charge is 2.58. The van der Waals surface area contributed by atoms with Crippen LogP contribution in [0.4, 0.5) is 0 Å². The molecule has 0 spiro atoms. The van der Waals surface area contributed by atoms with E-state index in [1.54, 1.807) is 0 Å². The first-order valence-corrected chi connectivity index (χ1v) is 7.84. The summed E-state index contributed by atoms with van der Waals surface area (Å²) in [5.74, 6) is 0.367. The third-order valence-electron chi connectivity index (χ3n) is 4.60. The van der Waals surface area contributed by atoms with Crippen molar-refractivity contribution in [3.8, 4) is 0 Å². The Labute approximate surface area is 98.5 Å². The molecule has 0 saturated heterocycles. The summed E-state index contributed by atoms with van der Waals surface area (Å²) in [4.78, 5) is 12.2. The summed E-state index contributed by atoms with van der Waals surface area (Å²) in [6.07, 6.45) is 2.34. The Morgan fingerprint density at radius 1 is 1.38 bits per heavy atom. The van der Waals surface area contributed by atoms with Crippen molar-refractivity contribution in [3.63, 3.8) is 0 Å². The van der Waals surface area contributed by atoms with Crippen molar-refractivity contribution in [3.05, 3.63) is 0 Å². The van der Waals surface area contributed by atoms with Gasteiger partial charge in [-0.05, 0) is 17.8 Å². The molecule has 0 aromatic heterocycles. The molecule has 1 unspecified atom stereocenters. The summed E-state index contributed by atoms with van der Waals surface area (Å²) < 4.78 is 23.1. The maximum atomic E-state index is 12.2. The molecule has 1 aliphatic rings. The van der Waals surface area contributed by atoms with Crippen LogP contribution in [-0.4, -0.2) is 26.2 Å². The van der Waals surface area contributed by atoms with E-state index >= 15 is 0 Å². The molecule has 0 radical (unpaired) electrons. The Bertz CT molecular complexity index is 394. The van der Waals surface area contributed by atoms with E-state index < -0.39 is 15.3 Å². The van der Waals surface area contributed by atoms with Crippen LogP contribution < -0.4 is 0 Å². The van der Waals surface area contributed by atoms with Crippen molar-refractivity contribution in [2.24, 2.45) is 16.7 Å². The van der Waals surface area contributed by atoms with Crippen LogP contribution in [0.2, 0.25) is 0 Å². The number of sulfone groups is 1. The second-order valence-electron chi connectivity index (χ2n) is 5.76. The summed E-state index contributed by atoms with van der Waals surface area (Å²) in [6, 6.07) is 0. The lowest BCUT2D eigenvalue weighted by atomic mass is 9.64. The summed E-state index contributed by atoms with van der Waals surface area (Å²) in [7, 11) is -3.13. The van der Waals surface area contributed by atoms with Gasteiger partial charge in [0.15, 0.2) is 0 Å². The Morgan fingerprint density at radius 3 is 2.12 bits per heavy atom. The fourth-order valence-corrected chi connectivity index (χ4v) is 4.66. The van der Waals surface area contributed by atoms with Gasteiger partial charge in [0.2, 0.25) is 0 Å². The molecule has 2 atom stereocenters. The first-order valence-electron chi connectivity index (χ1n) is 5.78. The molecule has 16 heavy (non-hydrogen) atoms. The predicted molar refractivity (Wildman–Crippen MR) is 65.0 cm³/mol. The van der Waals surface area contributed by atoms with Gasteiger partial charge in [0, 0.05) is 18.1 Å². The molecule has 1 saturated carbocycles. The third-order valence-corrected chi connectivity index (χ3v) is 5.62. The van der Waals surface area contributed by atoms with Crippen LogP contribution in [0.15, 0.2) is 0 Å². The topological polar surface area (TPSA) is 51.2 Å². The van der Waals surface area contributed by atoms with E-state index in [1.807, 2.05) is 27.7 Å². The van der Waals surface area contributed by atoms with E-state index in [0.29, 0.717) is 12.8 Å². The van der Waals surface area contributed by atoms with E-state index in [1.165, 1.54) is 6.26 Å². The molecule has 1 rings (SSSR count). The van der Waals surface area contributed by atoms with Crippen molar-refractivity contribution in [1.29, 1.82) is 0 Å².